The molecule has 0 fully saturated rings. The molecule has 0 radical (unpaired) electrons. The number of nitrogens with zero attached hydrogens (tertiary/aromatic N) is 2. The molecule has 3 amide bonds. The highest BCUT2D eigenvalue weighted by Gasteiger charge is 2.23. The Hall–Kier alpha value is -2.29. The summed E-state index contributed by atoms with van der Waals surface area (Å²) in [6, 6.07) is 0. The van der Waals surface area contributed by atoms with Crippen LogP contribution in [0.5, 0.6) is 0 Å². The number of nitrogens with one attached hydrogen (secondary N) is 1. The smallest absolute Gasteiger partial charge is 0.410 e. The van der Waals surface area contributed by atoms with E-state index in [1.54, 1.807) is 9.80 Å². The van der Waals surface area contributed by atoms with Crippen LogP contribution >= 0.6 is 0 Å². The fourth-order valence-electron chi connectivity index (χ4n) is 5.07. The lowest BCUT2D eigenvalue weighted by Crippen LogP contribution is -2.40. The normalized spacial score (nSPS) is 11.9. The minimum Gasteiger partial charge on any atom is -0.444 e. The van der Waals surface area contributed by atoms with E-state index in [-0.39, 0.29) is 18.1 Å². The number of rotatable bonds is 27. The molecule has 0 aromatic heterocycles. The van der Waals surface area contributed by atoms with Crippen LogP contribution in [0.2, 0.25) is 0 Å². The zero-order valence-electron chi connectivity index (χ0n) is 31.6. The standard InChI is InChI=1S/C38H74N4O5/c1-8-9-10-11-12-13-14-15-16-17-18-19-20-21-22-27-34(43)40-29-26-33-42(36(45)47-38(5,6)7)31-24-23-30-41(32-25-28-39)35(44)46-37(2,3)4/h15-16H,8-14,17-33,39H2,1-7H3,(H,40,43)/b16-15-. The van der Waals surface area contributed by atoms with Crippen molar-refractivity contribution in [2.45, 2.75) is 175 Å². The minimum absolute atomic E-state index is 0.0751. The maximum absolute atomic E-state index is 12.9. The van der Waals surface area contributed by atoms with Crippen LogP contribution in [0.1, 0.15) is 164 Å². The fraction of sp³-hybridized carbons (Fsp3) is 0.868. The Morgan fingerprint density at radius 3 is 1.49 bits per heavy atom. The molecule has 0 bridgehead atoms. The quantitative estimate of drug-likeness (QED) is 0.0668. The van der Waals surface area contributed by atoms with Crippen LogP contribution in [0.4, 0.5) is 9.59 Å². The third kappa shape index (κ3) is 29.6. The van der Waals surface area contributed by atoms with Crippen LogP contribution in [-0.2, 0) is 14.3 Å². The molecule has 47 heavy (non-hydrogen) atoms. The van der Waals surface area contributed by atoms with E-state index in [1.165, 1.54) is 64.2 Å². The van der Waals surface area contributed by atoms with Crippen molar-refractivity contribution in [3.8, 4) is 0 Å². The first-order chi connectivity index (χ1) is 22.3. The molecule has 9 nitrogen and oxygen atoms in total. The number of unbranched alkanes of at least 4 members (excludes halogenated alkanes) is 12. The first-order valence-corrected chi connectivity index (χ1v) is 18.9. The zero-order chi connectivity index (χ0) is 35.4. The van der Waals surface area contributed by atoms with Gasteiger partial charge in [-0.25, -0.2) is 9.59 Å². The average molecular weight is 667 g/mol. The predicted molar refractivity (Wildman–Crippen MR) is 196 cm³/mol. The Labute approximate surface area is 289 Å². The van der Waals surface area contributed by atoms with Gasteiger partial charge >= 0.3 is 12.2 Å². The lowest BCUT2D eigenvalue weighted by Gasteiger charge is -2.29. The van der Waals surface area contributed by atoms with Gasteiger partial charge < -0.3 is 30.3 Å². The Balaban J connectivity index is 4.30. The highest BCUT2D eigenvalue weighted by atomic mass is 16.6. The maximum Gasteiger partial charge on any atom is 0.410 e. The lowest BCUT2D eigenvalue weighted by molar-refractivity contribution is -0.121. The molecule has 0 saturated carbocycles. The first-order valence-electron chi connectivity index (χ1n) is 18.9. The summed E-state index contributed by atoms with van der Waals surface area (Å²) < 4.78 is 11.2. The van der Waals surface area contributed by atoms with Gasteiger partial charge in [0.25, 0.3) is 0 Å². The second kappa shape index (κ2) is 27.6. The summed E-state index contributed by atoms with van der Waals surface area (Å²) >= 11 is 0. The van der Waals surface area contributed by atoms with E-state index in [0.717, 1.165) is 25.7 Å². The molecule has 0 saturated heterocycles. The molecule has 276 valence electrons. The average Bonchev–Trinajstić information content (AvgIpc) is 2.97. The van der Waals surface area contributed by atoms with Crippen LogP contribution in [0.15, 0.2) is 12.2 Å². The van der Waals surface area contributed by atoms with Crippen molar-refractivity contribution in [2.75, 3.05) is 39.3 Å². The Kier molecular flexibility index (Phi) is 26.3. The van der Waals surface area contributed by atoms with E-state index < -0.39 is 11.2 Å². The van der Waals surface area contributed by atoms with Crippen molar-refractivity contribution < 1.29 is 23.9 Å². The van der Waals surface area contributed by atoms with Gasteiger partial charge in [-0.15, -0.1) is 0 Å². The SMILES string of the molecule is CCCCCCCC/C=C\CCCCCCCC(=O)NCCCN(CCCCN(CCCN)C(=O)OC(C)(C)C)C(=O)OC(C)(C)C. The van der Waals surface area contributed by atoms with Crippen LogP contribution in [0, 0.1) is 0 Å². The summed E-state index contributed by atoms with van der Waals surface area (Å²) in [6.45, 7) is 16.5. The van der Waals surface area contributed by atoms with Crippen LogP contribution in [0.3, 0.4) is 0 Å². The molecule has 0 aliphatic rings. The first kappa shape index (κ1) is 44.7. The van der Waals surface area contributed by atoms with Crippen LogP contribution in [-0.4, -0.2) is 78.4 Å². The van der Waals surface area contributed by atoms with Gasteiger partial charge in [0.2, 0.25) is 5.91 Å². The monoisotopic (exact) mass is 667 g/mol. The van der Waals surface area contributed by atoms with E-state index >= 15 is 0 Å². The van der Waals surface area contributed by atoms with Crippen molar-refractivity contribution in [2.24, 2.45) is 5.73 Å². The van der Waals surface area contributed by atoms with Gasteiger partial charge in [0, 0.05) is 39.1 Å². The zero-order valence-corrected chi connectivity index (χ0v) is 31.6. The van der Waals surface area contributed by atoms with Gasteiger partial charge in [0.15, 0.2) is 0 Å². The molecular formula is C38H74N4O5. The van der Waals surface area contributed by atoms with E-state index in [9.17, 15) is 14.4 Å². The number of carbonyl (C=O) groups excluding carboxylic acids is 3. The van der Waals surface area contributed by atoms with Crippen LogP contribution < -0.4 is 11.1 Å². The number of nitrogens with two attached hydrogens (primary N) is 1. The summed E-state index contributed by atoms with van der Waals surface area (Å²) in [7, 11) is 0. The van der Waals surface area contributed by atoms with Crippen molar-refractivity contribution in [3.63, 3.8) is 0 Å². The van der Waals surface area contributed by atoms with E-state index in [2.05, 4.69) is 24.4 Å². The van der Waals surface area contributed by atoms with Crippen molar-refractivity contribution in [1.29, 1.82) is 0 Å². The Morgan fingerprint density at radius 1 is 0.596 bits per heavy atom. The van der Waals surface area contributed by atoms with E-state index in [4.69, 9.17) is 15.2 Å². The molecular weight excluding hydrogens is 592 g/mol. The molecule has 0 heterocycles. The molecule has 0 aromatic rings. The second-order valence-corrected chi connectivity index (χ2v) is 14.8. The van der Waals surface area contributed by atoms with Gasteiger partial charge in [-0.3, -0.25) is 4.79 Å². The van der Waals surface area contributed by atoms with Gasteiger partial charge in [-0.05, 0) is 106 Å². The third-order valence-electron chi connectivity index (χ3n) is 7.63. The van der Waals surface area contributed by atoms with Crippen molar-refractivity contribution in [3.05, 3.63) is 12.2 Å². The number of amides is 3. The molecule has 0 unspecified atom stereocenters. The minimum atomic E-state index is -0.594. The third-order valence-corrected chi connectivity index (χ3v) is 7.63. The summed E-state index contributed by atoms with van der Waals surface area (Å²) in [5.41, 5.74) is 4.51. The van der Waals surface area contributed by atoms with Crippen molar-refractivity contribution in [1.82, 2.24) is 15.1 Å². The van der Waals surface area contributed by atoms with Gasteiger partial charge in [0.05, 0.1) is 0 Å². The number of hydrogen-bond acceptors (Lipinski definition) is 6. The molecule has 3 N–H and O–H groups in total. The fourth-order valence-corrected chi connectivity index (χ4v) is 5.07. The highest BCUT2D eigenvalue weighted by molar-refractivity contribution is 5.75. The number of allylic oxidation sites excluding steroid dienone is 2. The Bertz CT molecular complexity index is 835. The van der Waals surface area contributed by atoms with E-state index in [1.807, 2.05) is 41.5 Å². The number of ether oxygens (including phenoxy) is 2. The number of carbonyl (C=O) groups is 3. The van der Waals surface area contributed by atoms with Crippen molar-refractivity contribution >= 4 is 18.1 Å². The molecule has 0 spiro atoms. The summed E-state index contributed by atoms with van der Waals surface area (Å²) in [5, 5.41) is 3.01. The van der Waals surface area contributed by atoms with E-state index in [0.29, 0.717) is 65.0 Å². The molecule has 0 aliphatic carbocycles. The highest BCUT2D eigenvalue weighted by Crippen LogP contribution is 2.14. The van der Waals surface area contributed by atoms with Gasteiger partial charge in [-0.2, -0.15) is 0 Å². The number of hydrogen-bond donors (Lipinski definition) is 2. The van der Waals surface area contributed by atoms with Crippen LogP contribution in [0.25, 0.3) is 0 Å². The molecule has 0 aliphatic heterocycles. The topological polar surface area (TPSA) is 114 Å². The largest absolute Gasteiger partial charge is 0.444 e. The molecule has 0 aromatic carbocycles. The lowest BCUT2D eigenvalue weighted by atomic mass is 10.1. The maximum atomic E-state index is 12.9. The predicted octanol–water partition coefficient (Wildman–Crippen LogP) is 9.13. The molecule has 0 atom stereocenters. The Morgan fingerprint density at radius 2 is 1.02 bits per heavy atom. The van der Waals surface area contributed by atoms with Gasteiger partial charge in [0.1, 0.15) is 11.2 Å². The summed E-state index contributed by atoms with van der Waals surface area (Å²) in [5.74, 6) is 0.0751. The summed E-state index contributed by atoms with van der Waals surface area (Å²) in [6.07, 6.45) is 23.4. The summed E-state index contributed by atoms with van der Waals surface area (Å²) in [4.78, 5) is 41.3. The van der Waals surface area contributed by atoms with Gasteiger partial charge in [-0.1, -0.05) is 70.4 Å². The molecule has 0 rings (SSSR count). The second-order valence-electron chi connectivity index (χ2n) is 14.8. The molecule has 9 heteroatoms.